The van der Waals surface area contributed by atoms with Gasteiger partial charge in [-0.1, -0.05) is 60.7 Å². The molecule has 0 aliphatic heterocycles. The van der Waals surface area contributed by atoms with Crippen molar-refractivity contribution in [1.29, 1.82) is 0 Å². The number of rotatable bonds is 19. The molecule has 244 valence electrons. The fourth-order valence-corrected chi connectivity index (χ4v) is 4.40. The van der Waals surface area contributed by atoms with Crippen LogP contribution >= 0.6 is 0 Å². The normalized spacial score (nSPS) is 13.3. The Hall–Kier alpha value is -5.18. The largest absolute Gasteiger partial charge is 0.370 e. The van der Waals surface area contributed by atoms with Crippen LogP contribution in [0.1, 0.15) is 36.8 Å². The SMILES string of the molecule is NC(=O)C(Cc1ccccc1)NC(=O)C(CCCN=C(N)N)NC(=O)C(CCCN=C(N)N)NC(=O)C(N)Cc1ccccc1. The van der Waals surface area contributed by atoms with Crippen molar-refractivity contribution in [2.45, 2.75) is 62.7 Å². The Bertz CT molecular complexity index is 1300. The third-order valence-corrected chi connectivity index (χ3v) is 6.73. The third-order valence-electron chi connectivity index (χ3n) is 6.73. The highest BCUT2D eigenvalue weighted by Crippen LogP contribution is 2.08. The van der Waals surface area contributed by atoms with Crippen molar-refractivity contribution in [3.8, 4) is 0 Å². The summed E-state index contributed by atoms with van der Waals surface area (Å²) in [6.45, 7) is 0.401. The molecule has 45 heavy (non-hydrogen) atoms. The fraction of sp³-hybridized carbons (Fsp3) is 0.400. The van der Waals surface area contributed by atoms with Gasteiger partial charge in [-0.05, 0) is 43.2 Å². The van der Waals surface area contributed by atoms with E-state index < -0.39 is 47.8 Å². The lowest BCUT2D eigenvalue weighted by atomic mass is 10.0. The maximum Gasteiger partial charge on any atom is 0.243 e. The van der Waals surface area contributed by atoms with Gasteiger partial charge < -0.3 is 50.4 Å². The van der Waals surface area contributed by atoms with Gasteiger partial charge in [-0.2, -0.15) is 0 Å². The minimum absolute atomic E-state index is 0.109. The van der Waals surface area contributed by atoms with Crippen molar-refractivity contribution in [2.24, 2.45) is 44.4 Å². The van der Waals surface area contributed by atoms with Gasteiger partial charge >= 0.3 is 0 Å². The van der Waals surface area contributed by atoms with Crippen LogP contribution in [-0.4, -0.2) is 72.8 Å². The number of guanidine groups is 2. The molecule has 4 amide bonds. The first-order valence-electron chi connectivity index (χ1n) is 14.6. The molecular formula is C30H45N11O4. The van der Waals surface area contributed by atoms with Crippen LogP contribution in [0, 0.1) is 0 Å². The zero-order chi connectivity index (χ0) is 33.2. The molecule has 0 bridgehead atoms. The molecule has 0 aliphatic carbocycles. The summed E-state index contributed by atoms with van der Waals surface area (Å²) in [5, 5.41) is 8.04. The summed E-state index contributed by atoms with van der Waals surface area (Å²) in [6.07, 6.45) is 1.33. The smallest absolute Gasteiger partial charge is 0.243 e. The maximum absolute atomic E-state index is 13.6. The van der Waals surface area contributed by atoms with Gasteiger partial charge in [-0.25, -0.2) is 0 Å². The first-order valence-corrected chi connectivity index (χ1v) is 14.6. The van der Waals surface area contributed by atoms with E-state index in [0.717, 1.165) is 11.1 Å². The number of carbonyl (C=O) groups is 4. The molecule has 0 heterocycles. The van der Waals surface area contributed by atoms with E-state index >= 15 is 0 Å². The number of nitrogens with two attached hydrogens (primary N) is 6. The average molecular weight is 624 g/mol. The Balaban J connectivity index is 2.21. The maximum atomic E-state index is 13.6. The number of amides is 4. The molecule has 0 aliphatic rings. The third kappa shape index (κ3) is 14.2. The molecule has 0 saturated carbocycles. The van der Waals surface area contributed by atoms with Crippen LogP contribution in [0.2, 0.25) is 0 Å². The van der Waals surface area contributed by atoms with Gasteiger partial charge in [0.15, 0.2) is 11.9 Å². The van der Waals surface area contributed by atoms with Gasteiger partial charge in [0, 0.05) is 19.5 Å². The highest BCUT2D eigenvalue weighted by atomic mass is 16.2. The number of hydrogen-bond acceptors (Lipinski definition) is 7. The summed E-state index contributed by atoms with van der Waals surface area (Å²) >= 11 is 0. The van der Waals surface area contributed by atoms with Crippen molar-refractivity contribution in [1.82, 2.24) is 16.0 Å². The average Bonchev–Trinajstić information content (AvgIpc) is 3.00. The Kier molecular flexibility index (Phi) is 15.3. The summed E-state index contributed by atoms with van der Waals surface area (Å²) in [6, 6.07) is 14.1. The van der Waals surface area contributed by atoms with E-state index in [2.05, 4.69) is 25.9 Å². The van der Waals surface area contributed by atoms with Crippen LogP contribution in [0.5, 0.6) is 0 Å². The minimum atomic E-state index is -1.11. The molecule has 0 radical (unpaired) electrons. The minimum Gasteiger partial charge on any atom is -0.370 e. The number of hydrogen-bond donors (Lipinski definition) is 9. The molecule has 15 nitrogen and oxygen atoms in total. The number of carbonyl (C=O) groups excluding carboxylic acids is 4. The molecule has 4 atom stereocenters. The van der Waals surface area contributed by atoms with Crippen molar-refractivity contribution < 1.29 is 19.2 Å². The van der Waals surface area contributed by atoms with Crippen LogP contribution < -0.4 is 50.4 Å². The number of benzene rings is 2. The molecule has 0 fully saturated rings. The molecule has 2 rings (SSSR count). The van der Waals surface area contributed by atoms with Crippen LogP contribution in [0.3, 0.4) is 0 Å². The van der Waals surface area contributed by atoms with E-state index in [0.29, 0.717) is 12.8 Å². The lowest BCUT2D eigenvalue weighted by molar-refractivity contribution is -0.133. The van der Waals surface area contributed by atoms with Gasteiger partial charge in [-0.15, -0.1) is 0 Å². The topological polar surface area (TPSA) is 285 Å². The first-order chi connectivity index (χ1) is 21.5. The van der Waals surface area contributed by atoms with Gasteiger partial charge in [0.2, 0.25) is 23.6 Å². The first kappa shape index (κ1) is 36.0. The van der Waals surface area contributed by atoms with Crippen LogP contribution in [0.15, 0.2) is 70.6 Å². The molecule has 2 aromatic carbocycles. The zero-order valence-electron chi connectivity index (χ0n) is 25.2. The number of primary amides is 1. The Labute approximate surface area is 262 Å². The summed E-state index contributed by atoms with van der Waals surface area (Å²) in [5.74, 6) is -2.80. The highest BCUT2D eigenvalue weighted by Gasteiger charge is 2.30. The van der Waals surface area contributed by atoms with Crippen LogP contribution in [-0.2, 0) is 32.0 Å². The second-order valence-electron chi connectivity index (χ2n) is 10.5. The number of aliphatic imine (C=N–C) groups is 2. The molecule has 0 aromatic heterocycles. The van der Waals surface area contributed by atoms with Crippen LogP contribution in [0.4, 0.5) is 0 Å². The van der Waals surface area contributed by atoms with Gasteiger partial charge in [0.1, 0.15) is 18.1 Å². The van der Waals surface area contributed by atoms with E-state index in [1.165, 1.54) is 0 Å². The zero-order valence-corrected chi connectivity index (χ0v) is 25.2. The van der Waals surface area contributed by atoms with E-state index in [4.69, 9.17) is 34.4 Å². The summed E-state index contributed by atoms with van der Waals surface area (Å²) in [7, 11) is 0. The van der Waals surface area contributed by atoms with Crippen molar-refractivity contribution in [3.05, 3.63) is 71.8 Å². The van der Waals surface area contributed by atoms with Gasteiger partial charge in [0.05, 0.1) is 6.04 Å². The second kappa shape index (κ2) is 19.2. The Morgan fingerprint density at radius 2 is 0.978 bits per heavy atom. The molecule has 15 heteroatoms. The van der Waals surface area contributed by atoms with E-state index in [1.807, 2.05) is 36.4 Å². The lowest BCUT2D eigenvalue weighted by Crippen LogP contribution is -2.58. The molecule has 4 unspecified atom stereocenters. The van der Waals surface area contributed by atoms with Crippen molar-refractivity contribution in [3.63, 3.8) is 0 Å². The molecular weight excluding hydrogens is 578 g/mol. The Morgan fingerprint density at radius 1 is 0.578 bits per heavy atom. The predicted octanol–water partition coefficient (Wildman–Crippen LogP) is -2.15. The molecule has 0 saturated heterocycles. The van der Waals surface area contributed by atoms with E-state index in [-0.39, 0.29) is 50.7 Å². The number of nitrogens with one attached hydrogen (secondary N) is 3. The second-order valence-corrected chi connectivity index (χ2v) is 10.5. The van der Waals surface area contributed by atoms with Gasteiger partial charge in [0.25, 0.3) is 0 Å². The molecule has 2 aromatic rings. The lowest BCUT2D eigenvalue weighted by Gasteiger charge is -2.25. The van der Waals surface area contributed by atoms with Crippen molar-refractivity contribution >= 4 is 35.5 Å². The predicted molar refractivity (Wildman–Crippen MR) is 173 cm³/mol. The quantitative estimate of drug-likeness (QED) is 0.0467. The molecule has 0 spiro atoms. The standard InChI is InChI=1S/C30H45N11O4/c31-21(17-19-9-3-1-4-10-19)26(43)39-22(13-7-15-37-29(33)34)27(44)40-23(14-8-16-38-30(35)36)28(45)41-24(25(32)42)18-20-11-5-2-6-12-20/h1-6,9-12,21-24H,7-8,13-18,31H2,(H2,32,42)(H,39,43)(H,40,44)(H,41,45)(H4,33,34,37)(H4,35,36,38). The molecule has 15 N–H and O–H groups in total. The summed E-state index contributed by atoms with van der Waals surface area (Å²) in [5.41, 5.74) is 35.0. The highest BCUT2D eigenvalue weighted by molar-refractivity contribution is 5.94. The monoisotopic (exact) mass is 623 g/mol. The number of nitrogens with zero attached hydrogens (tertiary/aromatic N) is 2. The summed E-state index contributed by atoms with van der Waals surface area (Å²) in [4.78, 5) is 60.1. The van der Waals surface area contributed by atoms with Gasteiger partial charge in [-0.3, -0.25) is 29.2 Å². The van der Waals surface area contributed by atoms with Crippen LogP contribution in [0.25, 0.3) is 0 Å². The van der Waals surface area contributed by atoms with E-state index in [1.54, 1.807) is 24.3 Å². The Morgan fingerprint density at radius 3 is 1.40 bits per heavy atom. The fourth-order valence-electron chi connectivity index (χ4n) is 4.40. The summed E-state index contributed by atoms with van der Waals surface area (Å²) < 4.78 is 0. The van der Waals surface area contributed by atoms with Crippen molar-refractivity contribution in [2.75, 3.05) is 13.1 Å². The van der Waals surface area contributed by atoms with E-state index in [9.17, 15) is 19.2 Å².